The lowest BCUT2D eigenvalue weighted by molar-refractivity contribution is -0.121. The number of thiazole rings is 1. The average molecular weight is 345 g/mol. The van der Waals surface area contributed by atoms with Crippen LogP contribution in [0.15, 0.2) is 29.6 Å². The zero-order valence-electron chi connectivity index (χ0n) is 13.4. The molecule has 126 valence electrons. The Morgan fingerprint density at radius 2 is 2.25 bits per heavy atom. The summed E-state index contributed by atoms with van der Waals surface area (Å²) in [6.07, 6.45) is 1.98. The first-order valence-corrected chi connectivity index (χ1v) is 8.81. The predicted molar refractivity (Wildman–Crippen MR) is 92.5 cm³/mol. The third-order valence-electron chi connectivity index (χ3n) is 3.70. The van der Waals surface area contributed by atoms with Crippen molar-refractivity contribution < 1.29 is 14.3 Å². The molecule has 24 heavy (non-hydrogen) atoms. The van der Waals surface area contributed by atoms with Crippen molar-refractivity contribution in [3.63, 3.8) is 0 Å². The SMILES string of the molecule is CCCCNC(=O)c1csc(CN2C(=O)COc3ccccc32)n1. The number of hydrogen-bond acceptors (Lipinski definition) is 5. The highest BCUT2D eigenvalue weighted by Gasteiger charge is 2.26. The van der Waals surface area contributed by atoms with Gasteiger partial charge in [0.2, 0.25) is 0 Å². The molecule has 0 spiro atoms. The van der Waals surface area contributed by atoms with Crippen LogP contribution in [0, 0.1) is 0 Å². The van der Waals surface area contributed by atoms with E-state index in [0.29, 0.717) is 24.5 Å². The second kappa shape index (κ2) is 7.44. The van der Waals surface area contributed by atoms with Gasteiger partial charge in [-0.05, 0) is 18.6 Å². The van der Waals surface area contributed by atoms with Crippen LogP contribution in [-0.4, -0.2) is 29.9 Å². The van der Waals surface area contributed by atoms with E-state index in [2.05, 4.69) is 17.2 Å². The molecule has 0 fully saturated rings. The summed E-state index contributed by atoms with van der Waals surface area (Å²) in [5.41, 5.74) is 1.14. The highest BCUT2D eigenvalue weighted by molar-refractivity contribution is 7.09. The lowest BCUT2D eigenvalue weighted by Crippen LogP contribution is -2.38. The first kappa shape index (κ1) is 16.4. The maximum Gasteiger partial charge on any atom is 0.270 e. The summed E-state index contributed by atoms with van der Waals surface area (Å²) in [5, 5.41) is 5.30. The predicted octanol–water partition coefficient (Wildman–Crippen LogP) is 2.60. The third kappa shape index (κ3) is 3.56. The number of carbonyl (C=O) groups excluding carboxylic acids is 2. The fourth-order valence-corrected chi connectivity index (χ4v) is 3.18. The molecule has 0 unspecified atom stereocenters. The van der Waals surface area contributed by atoms with Gasteiger partial charge in [0.25, 0.3) is 11.8 Å². The van der Waals surface area contributed by atoms with E-state index in [1.807, 2.05) is 24.3 Å². The number of hydrogen-bond donors (Lipinski definition) is 1. The van der Waals surface area contributed by atoms with Crippen molar-refractivity contribution in [2.75, 3.05) is 18.1 Å². The molecule has 0 atom stereocenters. The van der Waals surface area contributed by atoms with Crippen molar-refractivity contribution in [2.45, 2.75) is 26.3 Å². The van der Waals surface area contributed by atoms with E-state index in [0.717, 1.165) is 23.5 Å². The van der Waals surface area contributed by atoms with Crippen molar-refractivity contribution in [3.05, 3.63) is 40.3 Å². The number of para-hydroxylation sites is 2. The van der Waals surface area contributed by atoms with Crippen LogP contribution in [0.4, 0.5) is 5.69 Å². The van der Waals surface area contributed by atoms with Gasteiger partial charge in [0.15, 0.2) is 6.61 Å². The molecule has 0 radical (unpaired) electrons. The zero-order valence-corrected chi connectivity index (χ0v) is 14.3. The molecule has 7 heteroatoms. The molecule has 0 aliphatic carbocycles. The Kier molecular flexibility index (Phi) is 5.10. The van der Waals surface area contributed by atoms with Crippen molar-refractivity contribution in [2.24, 2.45) is 0 Å². The van der Waals surface area contributed by atoms with Crippen LogP contribution in [0.2, 0.25) is 0 Å². The summed E-state index contributed by atoms with van der Waals surface area (Å²) in [6.45, 7) is 3.08. The van der Waals surface area contributed by atoms with Gasteiger partial charge in [-0.3, -0.25) is 14.5 Å². The number of carbonyl (C=O) groups is 2. The Hall–Kier alpha value is -2.41. The monoisotopic (exact) mass is 345 g/mol. The number of nitrogens with one attached hydrogen (secondary N) is 1. The van der Waals surface area contributed by atoms with Crippen molar-refractivity contribution >= 4 is 28.8 Å². The summed E-state index contributed by atoms with van der Waals surface area (Å²) in [6, 6.07) is 7.42. The molecular weight excluding hydrogens is 326 g/mol. The van der Waals surface area contributed by atoms with E-state index < -0.39 is 0 Å². The number of nitrogens with zero attached hydrogens (tertiary/aromatic N) is 2. The lowest BCUT2D eigenvalue weighted by Gasteiger charge is -2.28. The maximum atomic E-state index is 12.2. The molecule has 1 aromatic carbocycles. The van der Waals surface area contributed by atoms with Gasteiger partial charge in [0, 0.05) is 11.9 Å². The van der Waals surface area contributed by atoms with Gasteiger partial charge in [-0.25, -0.2) is 4.98 Å². The van der Waals surface area contributed by atoms with Crippen molar-refractivity contribution in [3.8, 4) is 5.75 Å². The molecule has 0 saturated heterocycles. The van der Waals surface area contributed by atoms with Gasteiger partial charge in [-0.1, -0.05) is 25.5 Å². The van der Waals surface area contributed by atoms with Crippen LogP contribution < -0.4 is 15.0 Å². The summed E-state index contributed by atoms with van der Waals surface area (Å²) < 4.78 is 5.43. The molecular formula is C17H19N3O3S. The number of rotatable bonds is 6. The summed E-state index contributed by atoms with van der Waals surface area (Å²) in [5.74, 6) is 0.406. The Balaban J connectivity index is 1.71. The fraction of sp³-hybridized carbons (Fsp3) is 0.353. The minimum Gasteiger partial charge on any atom is -0.482 e. The lowest BCUT2D eigenvalue weighted by atomic mass is 10.2. The molecule has 2 aromatic rings. The number of aromatic nitrogens is 1. The number of unbranched alkanes of at least 4 members (excludes halogenated alkanes) is 1. The molecule has 2 heterocycles. The molecule has 1 aromatic heterocycles. The maximum absolute atomic E-state index is 12.2. The largest absolute Gasteiger partial charge is 0.482 e. The first-order chi connectivity index (χ1) is 11.7. The second-order valence-corrected chi connectivity index (χ2v) is 6.41. The van der Waals surface area contributed by atoms with E-state index in [9.17, 15) is 9.59 Å². The van der Waals surface area contributed by atoms with Crippen LogP contribution >= 0.6 is 11.3 Å². The minimum atomic E-state index is -0.167. The van der Waals surface area contributed by atoms with E-state index in [1.54, 1.807) is 10.3 Å². The molecule has 2 amide bonds. The Morgan fingerprint density at radius 3 is 3.08 bits per heavy atom. The van der Waals surface area contributed by atoms with E-state index in [1.165, 1.54) is 11.3 Å². The Bertz CT molecular complexity index is 744. The molecule has 1 aliphatic heterocycles. The van der Waals surface area contributed by atoms with Gasteiger partial charge in [0.1, 0.15) is 16.5 Å². The van der Waals surface area contributed by atoms with Crippen LogP contribution in [0.5, 0.6) is 5.75 Å². The number of fused-ring (bicyclic) bond motifs is 1. The Labute approximate surface area is 144 Å². The number of benzene rings is 1. The smallest absolute Gasteiger partial charge is 0.270 e. The normalized spacial score (nSPS) is 13.4. The standard InChI is InChI=1S/C17H19N3O3S/c1-2-3-8-18-17(22)12-11-24-15(19-12)9-20-13-6-4-5-7-14(13)23-10-16(20)21/h4-7,11H,2-3,8-10H2,1H3,(H,18,22). The van der Waals surface area contributed by atoms with Gasteiger partial charge in [-0.2, -0.15) is 0 Å². The minimum absolute atomic E-state index is 0.0206. The molecule has 6 nitrogen and oxygen atoms in total. The van der Waals surface area contributed by atoms with Gasteiger partial charge in [0.05, 0.1) is 12.2 Å². The van der Waals surface area contributed by atoms with Crippen molar-refractivity contribution in [1.29, 1.82) is 0 Å². The molecule has 1 N–H and O–H groups in total. The van der Waals surface area contributed by atoms with E-state index in [-0.39, 0.29) is 18.4 Å². The molecule has 0 bridgehead atoms. The first-order valence-electron chi connectivity index (χ1n) is 7.94. The number of anilines is 1. The third-order valence-corrected chi connectivity index (χ3v) is 4.54. The quantitative estimate of drug-likeness (QED) is 0.817. The molecule has 0 saturated carbocycles. The van der Waals surface area contributed by atoms with Gasteiger partial charge >= 0.3 is 0 Å². The molecule has 1 aliphatic rings. The Morgan fingerprint density at radius 1 is 1.42 bits per heavy atom. The highest BCUT2D eigenvalue weighted by Crippen LogP contribution is 2.32. The van der Waals surface area contributed by atoms with Gasteiger partial charge < -0.3 is 10.1 Å². The summed E-state index contributed by atoms with van der Waals surface area (Å²) in [7, 11) is 0. The number of amides is 2. The van der Waals surface area contributed by atoms with Gasteiger partial charge in [-0.15, -0.1) is 11.3 Å². The second-order valence-electron chi connectivity index (χ2n) is 5.47. The topological polar surface area (TPSA) is 71.5 Å². The number of ether oxygens (including phenoxy) is 1. The average Bonchev–Trinajstić information content (AvgIpc) is 3.06. The van der Waals surface area contributed by atoms with Crippen LogP contribution in [-0.2, 0) is 11.3 Å². The fourth-order valence-electron chi connectivity index (χ4n) is 2.42. The summed E-state index contributed by atoms with van der Waals surface area (Å²) in [4.78, 5) is 30.2. The summed E-state index contributed by atoms with van der Waals surface area (Å²) >= 11 is 1.38. The highest BCUT2D eigenvalue weighted by atomic mass is 32.1. The zero-order chi connectivity index (χ0) is 16.9. The van der Waals surface area contributed by atoms with Crippen molar-refractivity contribution in [1.82, 2.24) is 10.3 Å². The van der Waals surface area contributed by atoms with Crippen LogP contribution in [0.3, 0.4) is 0 Å². The van der Waals surface area contributed by atoms with E-state index >= 15 is 0 Å². The van der Waals surface area contributed by atoms with E-state index in [4.69, 9.17) is 4.74 Å². The van der Waals surface area contributed by atoms with Crippen LogP contribution in [0.25, 0.3) is 0 Å². The molecule has 3 rings (SSSR count). The van der Waals surface area contributed by atoms with Crippen LogP contribution in [0.1, 0.15) is 35.3 Å².